The van der Waals surface area contributed by atoms with E-state index in [1.165, 1.54) is 23.3 Å². The lowest BCUT2D eigenvalue weighted by Crippen LogP contribution is -2.69. The van der Waals surface area contributed by atoms with E-state index in [4.69, 9.17) is 4.43 Å². The Kier molecular flexibility index (Phi) is 5.10. The van der Waals surface area contributed by atoms with Crippen molar-refractivity contribution in [2.75, 3.05) is 13.1 Å². The van der Waals surface area contributed by atoms with Crippen LogP contribution in [0.5, 0.6) is 0 Å². The van der Waals surface area contributed by atoms with Gasteiger partial charge in [0, 0.05) is 6.54 Å². The molecule has 2 heterocycles. The van der Waals surface area contributed by atoms with Crippen LogP contribution < -0.4 is 10.4 Å². The number of benzene rings is 2. The quantitative estimate of drug-likeness (QED) is 0.591. The Balaban J connectivity index is 1.84. The standard InChI is InChI=1S/C24H31NOSi/c1-24(2,3)27(20-12-6-4-7-13-20,21-14-8-5-9-15-21)26-23-17-11-19-25-18-10-16-22(23)25/h4-10,12-16,22-23H,11,17-19H2,1-3H3/t22-,23+/m1/s1. The minimum Gasteiger partial charge on any atom is -0.403 e. The molecule has 0 unspecified atom stereocenters. The van der Waals surface area contributed by atoms with Crippen molar-refractivity contribution >= 4 is 18.7 Å². The van der Waals surface area contributed by atoms with Crippen molar-refractivity contribution in [2.24, 2.45) is 0 Å². The number of fused-ring (bicyclic) bond motifs is 1. The molecule has 2 aromatic carbocycles. The average molecular weight is 378 g/mol. The Labute approximate surface area is 165 Å². The number of rotatable bonds is 4. The Bertz CT molecular complexity index is 742. The summed E-state index contributed by atoms with van der Waals surface area (Å²) in [5.74, 6) is 0. The highest BCUT2D eigenvalue weighted by Gasteiger charge is 2.52. The Morgan fingerprint density at radius 3 is 2.07 bits per heavy atom. The highest BCUT2D eigenvalue weighted by molar-refractivity contribution is 6.99. The largest absolute Gasteiger partial charge is 0.403 e. The predicted molar refractivity (Wildman–Crippen MR) is 116 cm³/mol. The van der Waals surface area contributed by atoms with Crippen LogP contribution in [0, 0.1) is 0 Å². The van der Waals surface area contributed by atoms with Crippen LogP contribution in [-0.4, -0.2) is 38.5 Å². The van der Waals surface area contributed by atoms with Gasteiger partial charge in [0.2, 0.25) is 0 Å². The monoisotopic (exact) mass is 377 g/mol. The first-order chi connectivity index (χ1) is 13.0. The summed E-state index contributed by atoms with van der Waals surface area (Å²) in [6.45, 7) is 9.36. The van der Waals surface area contributed by atoms with Crippen molar-refractivity contribution in [1.29, 1.82) is 0 Å². The molecule has 0 aliphatic carbocycles. The van der Waals surface area contributed by atoms with Crippen LogP contribution in [0.1, 0.15) is 33.6 Å². The van der Waals surface area contributed by atoms with Crippen LogP contribution in [0.2, 0.25) is 5.04 Å². The highest BCUT2D eigenvalue weighted by atomic mass is 28.4. The Morgan fingerprint density at radius 1 is 0.926 bits per heavy atom. The van der Waals surface area contributed by atoms with Gasteiger partial charge in [-0.2, -0.15) is 0 Å². The van der Waals surface area contributed by atoms with Gasteiger partial charge in [0.05, 0.1) is 12.1 Å². The summed E-state index contributed by atoms with van der Waals surface area (Å²) in [6, 6.07) is 22.5. The van der Waals surface area contributed by atoms with Crippen molar-refractivity contribution < 1.29 is 4.43 Å². The van der Waals surface area contributed by atoms with Crippen molar-refractivity contribution in [2.45, 2.75) is 50.8 Å². The first-order valence-corrected chi connectivity index (χ1v) is 12.1. The van der Waals surface area contributed by atoms with E-state index in [2.05, 4.69) is 98.5 Å². The van der Waals surface area contributed by atoms with Gasteiger partial charge < -0.3 is 4.43 Å². The summed E-state index contributed by atoms with van der Waals surface area (Å²) in [5, 5.41) is 2.80. The second kappa shape index (κ2) is 7.38. The van der Waals surface area contributed by atoms with Crippen LogP contribution in [0.3, 0.4) is 0 Å². The number of piperidine rings is 1. The van der Waals surface area contributed by atoms with Gasteiger partial charge in [-0.3, -0.25) is 4.90 Å². The van der Waals surface area contributed by atoms with Gasteiger partial charge in [0.1, 0.15) is 0 Å². The van der Waals surface area contributed by atoms with E-state index < -0.39 is 8.32 Å². The molecule has 0 amide bonds. The first-order valence-electron chi connectivity index (χ1n) is 10.2. The zero-order valence-electron chi connectivity index (χ0n) is 16.8. The van der Waals surface area contributed by atoms with Crippen LogP contribution in [0.25, 0.3) is 0 Å². The fourth-order valence-corrected chi connectivity index (χ4v) is 9.62. The summed E-state index contributed by atoms with van der Waals surface area (Å²) < 4.78 is 7.38. The molecule has 0 N–H and O–H groups in total. The molecule has 0 spiro atoms. The molecule has 0 radical (unpaired) electrons. The first kappa shape index (κ1) is 18.7. The number of nitrogens with zero attached hydrogens (tertiary/aromatic N) is 1. The average Bonchev–Trinajstić information content (AvgIpc) is 3.16. The molecule has 0 saturated carbocycles. The summed E-state index contributed by atoms with van der Waals surface area (Å²) in [4.78, 5) is 2.58. The molecule has 2 aliphatic rings. The van der Waals surface area contributed by atoms with Gasteiger partial charge in [-0.1, -0.05) is 93.6 Å². The third kappa shape index (κ3) is 3.33. The Morgan fingerprint density at radius 2 is 1.52 bits per heavy atom. The van der Waals surface area contributed by atoms with Crippen molar-refractivity contribution in [3.63, 3.8) is 0 Å². The molecule has 1 saturated heterocycles. The summed E-state index contributed by atoms with van der Waals surface area (Å²) >= 11 is 0. The summed E-state index contributed by atoms with van der Waals surface area (Å²) in [5.41, 5.74) is 0. The zero-order valence-corrected chi connectivity index (χ0v) is 17.8. The number of hydrogen-bond acceptors (Lipinski definition) is 2. The normalized spacial score (nSPS) is 23.4. The van der Waals surface area contributed by atoms with E-state index in [0.29, 0.717) is 6.04 Å². The van der Waals surface area contributed by atoms with Crippen LogP contribution in [-0.2, 0) is 4.43 Å². The molecule has 142 valence electrons. The van der Waals surface area contributed by atoms with Gasteiger partial charge in [-0.15, -0.1) is 0 Å². The second-order valence-corrected chi connectivity index (χ2v) is 13.1. The lowest BCUT2D eigenvalue weighted by atomic mass is 10.0. The molecule has 0 aromatic heterocycles. The molecule has 2 aromatic rings. The van der Waals surface area contributed by atoms with Crippen molar-refractivity contribution in [3.05, 3.63) is 72.8 Å². The van der Waals surface area contributed by atoms with E-state index in [9.17, 15) is 0 Å². The lowest BCUT2D eigenvalue weighted by molar-refractivity contribution is 0.0586. The van der Waals surface area contributed by atoms with Crippen LogP contribution in [0.15, 0.2) is 72.8 Å². The maximum atomic E-state index is 7.38. The third-order valence-corrected chi connectivity index (χ3v) is 11.2. The minimum atomic E-state index is -2.46. The molecule has 2 aliphatic heterocycles. The van der Waals surface area contributed by atoms with Gasteiger partial charge in [0.25, 0.3) is 8.32 Å². The van der Waals surface area contributed by atoms with E-state index in [-0.39, 0.29) is 11.1 Å². The van der Waals surface area contributed by atoms with E-state index in [0.717, 1.165) is 13.0 Å². The topological polar surface area (TPSA) is 12.5 Å². The van der Waals surface area contributed by atoms with Gasteiger partial charge in [0.15, 0.2) is 0 Å². The Hall–Kier alpha value is -1.68. The molecular formula is C24H31NOSi. The van der Waals surface area contributed by atoms with Crippen LogP contribution >= 0.6 is 0 Å². The van der Waals surface area contributed by atoms with Crippen molar-refractivity contribution in [3.8, 4) is 0 Å². The molecule has 27 heavy (non-hydrogen) atoms. The van der Waals surface area contributed by atoms with E-state index >= 15 is 0 Å². The molecule has 4 rings (SSSR count). The molecule has 2 atom stereocenters. The maximum Gasteiger partial charge on any atom is 0.261 e. The molecular weight excluding hydrogens is 346 g/mol. The summed E-state index contributed by atoms with van der Waals surface area (Å²) in [6.07, 6.45) is 7.33. The minimum absolute atomic E-state index is 0.0420. The predicted octanol–water partition coefficient (Wildman–Crippen LogP) is 3.97. The third-order valence-electron chi connectivity index (χ3n) is 6.15. The van der Waals surface area contributed by atoms with E-state index in [1.807, 2.05) is 0 Å². The second-order valence-electron chi connectivity index (χ2n) is 8.88. The maximum absolute atomic E-state index is 7.38. The molecule has 2 nitrogen and oxygen atoms in total. The van der Waals surface area contributed by atoms with Gasteiger partial charge in [-0.25, -0.2) is 0 Å². The molecule has 1 fully saturated rings. The van der Waals surface area contributed by atoms with Crippen molar-refractivity contribution in [1.82, 2.24) is 4.90 Å². The smallest absolute Gasteiger partial charge is 0.261 e. The molecule has 0 bridgehead atoms. The van der Waals surface area contributed by atoms with Crippen LogP contribution in [0.4, 0.5) is 0 Å². The highest BCUT2D eigenvalue weighted by Crippen LogP contribution is 2.39. The van der Waals surface area contributed by atoms with E-state index in [1.54, 1.807) is 0 Å². The molecule has 3 heteroatoms. The fraction of sp³-hybridized carbons (Fsp3) is 0.417. The summed E-state index contributed by atoms with van der Waals surface area (Å²) in [7, 11) is -2.46. The van der Waals surface area contributed by atoms with Gasteiger partial charge in [-0.05, 0) is 34.8 Å². The zero-order chi connectivity index (χ0) is 18.9. The SMILES string of the molecule is CC(C)(C)[Si](O[C@H]1CCCN2CC=C[C@H]12)(c1ccccc1)c1ccccc1. The lowest BCUT2D eigenvalue weighted by Gasteiger charge is -2.48. The number of hydrogen-bond donors (Lipinski definition) is 0. The fourth-order valence-electron chi connectivity index (χ4n) is 4.89. The van der Waals surface area contributed by atoms with Gasteiger partial charge >= 0.3 is 0 Å².